The molecular formula is C14H17N3OS. The summed E-state index contributed by atoms with van der Waals surface area (Å²) in [6, 6.07) is 7.85. The zero-order valence-electron chi connectivity index (χ0n) is 11.2. The first-order chi connectivity index (χ1) is 9.26. The van der Waals surface area contributed by atoms with Gasteiger partial charge < -0.3 is 4.90 Å². The number of carbonyl (C=O) groups excluding carboxylic acids is 1. The van der Waals surface area contributed by atoms with E-state index in [1.54, 1.807) is 6.33 Å². The van der Waals surface area contributed by atoms with E-state index in [1.807, 2.05) is 43.0 Å². The quantitative estimate of drug-likeness (QED) is 0.621. The summed E-state index contributed by atoms with van der Waals surface area (Å²) in [5.41, 5.74) is 0.912. The summed E-state index contributed by atoms with van der Waals surface area (Å²) in [7, 11) is 0. The van der Waals surface area contributed by atoms with Gasteiger partial charge in [-0.2, -0.15) is 0 Å². The Morgan fingerprint density at radius 1 is 1.21 bits per heavy atom. The summed E-state index contributed by atoms with van der Waals surface area (Å²) in [5.74, 6) is 0.570. The SMILES string of the molecule is CCN(CC)C(=O)CSc1ncnc2ccccc12. The molecule has 100 valence electrons. The molecule has 0 atom stereocenters. The van der Waals surface area contributed by atoms with E-state index in [4.69, 9.17) is 0 Å². The van der Waals surface area contributed by atoms with Crippen LogP contribution in [0, 0.1) is 0 Å². The zero-order chi connectivity index (χ0) is 13.7. The van der Waals surface area contributed by atoms with Crippen molar-refractivity contribution in [3.63, 3.8) is 0 Å². The number of rotatable bonds is 5. The molecule has 0 aliphatic rings. The van der Waals surface area contributed by atoms with E-state index >= 15 is 0 Å². The van der Waals surface area contributed by atoms with Crippen molar-refractivity contribution >= 4 is 28.6 Å². The molecule has 19 heavy (non-hydrogen) atoms. The van der Waals surface area contributed by atoms with E-state index in [2.05, 4.69) is 9.97 Å². The van der Waals surface area contributed by atoms with Gasteiger partial charge >= 0.3 is 0 Å². The summed E-state index contributed by atoms with van der Waals surface area (Å²) < 4.78 is 0. The molecule has 5 heteroatoms. The molecule has 0 N–H and O–H groups in total. The summed E-state index contributed by atoms with van der Waals surface area (Å²) in [6.07, 6.45) is 1.55. The van der Waals surface area contributed by atoms with Gasteiger partial charge in [-0.1, -0.05) is 30.0 Å². The van der Waals surface area contributed by atoms with Gasteiger partial charge in [-0.25, -0.2) is 9.97 Å². The van der Waals surface area contributed by atoms with Crippen LogP contribution < -0.4 is 0 Å². The third-order valence-electron chi connectivity index (χ3n) is 2.95. The van der Waals surface area contributed by atoms with Crippen molar-refractivity contribution < 1.29 is 4.79 Å². The van der Waals surface area contributed by atoms with Crippen molar-refractivity contribution in [3.05, 3.63) is 30.6 Å². The fraction of sp³-hybridized carbons (Fsp3) is 0.357. The molecule has 0 fully saturated rings. The third-order valence-corrected chi connectivity index (χ3v) is 3.94. The van der Waals surface area contributed by atoms with E-state index in [1.165, 1.54) is 11.8 Å². The normalized spacial score (nSPS) is 10.6. The van der Waals surface area contributed by atoms with Gasteiger partial charge in [0, 0.05) is 18.5 Å². The minimum Gasteiger partial charge on any atom is -0.343 e. The number of hydrogen-bond acceptors (Lipinski definition) is 4. The Labute approximate surface area is 117 Å². The summed E-state index contributed by atoms with van der Waals surface area (Å²) in [5, 5.41) is 1.87. The Morgan fingerprint density at radius 2 is 1.95 bits per heavy atom. The highest BCUT2D eigenvalue weighted by Gasteiger charge is 2.11. The summed E-state index contributed by atoms with van der Waals surface area (Å²) in [4.78, 5) is 22.3. The van der Waals surface area contributed by atoms with E-state index < -0.39 is 0 Å². The second-order valence-electron chi connectivity index (χ2n) is 4.05. The maximum atomic E-state index is 12.0. The maximum Gasteiger partial charge on any atom is 0.232 e. The smallest absolute Gasteiger partial charge is 0.232 e. The average molecular weight is 275 g/mol. The Hall–Kier alpha value is -1.62. The van der Waals surface area contributed by atoms with Crippen molar-refractivity contribution in [3.8, 4) is 0 Å². The van der Waals surface area contributed by atoms with Crippen LogP contribution in [0.4, 0.5) is 0 Å². The summed E-state index contributed by atoms with van der Waals surface area (Å²) in [6.45, 7) is 5.49. The highest BCUT2D eigenvalue weighted by atomic mass is 32.2. The van der Waals surface area contributed by atoms with Crippen molar-refractivity contribution in [1.29, 1.82) is 0 Å². The third kappa shape index (κ3) is 3.23. The van der Waals surface area contributed by atoms with Crippen LogP contribution in [0.15, 0.2) is 35.6 Å². The van der Waals surface area contributed by atoms with Crippen LogP contribution in [-0.2, 0) is 4.79 Å². The Kier molecular flexibility index (Phi) is 4.74. The van der Waals surface area contributed by atoms with Gasteiger partial charge in [0.1, 0.15) is 11.4 Å². The first kappa shape index (κ1) is 13.8. The van der Waals surface area contributed by atoms with Gasteiger partial charge in [-0.15, -0.1) is 0 Å². The number of benzene rings is 1. The first-order valence-corrected chi connectivity index (χ1v) is 7.35. The molecule has 0 bridgehead atoms. The minimum atomic E-state index is 0.151. The number of amides is 1. The van der Waals surface area contributed by atoms with Crippen LogP contribution in [0.25, 0.3) is 10.9 Å². The van der Waals surface area contributed by atoms with E-state index in [9.17, 15) is 4.79 Å². The summed E-state index contributed by atoms with van der Waals surface area (Å²) >= 11 is 1.47. The molecule has 0 unspecified atom stereocenters. The molecule has 0 saturated carbocycles. The van der Waals surface area contributed by atoms with Crippen LogP contribution in [0.2, 0.25) is 0 Å². The van der Waals surface area contributed by atoms with Crippen LogP contribution >= 0.6 is 11.8 Å². The highest BCUT2D eigenvalue weighted by Crippen LogP contribution is 2.24. The maximum absolute atomic E-state index is 12.0. The molecular weight excluding hydrogens is 258 g/mol. The lowest BCUT2D eigenvalue weighted by atomic mass is 10.2. The van der Waals surface area contributed by atoms with Crippen LogP contribution in [0.3, 0.4) is 0 Å². The molecule has 0 spiro atoms. The number of fused-ring (bicyclic) bond motifs is 1. The van der Waals surface area contributed by atoms with E-state index in [0.29, 0.717) is 5.75 Å². The van der Waals surface area contributed by atoms with Crippen molar-refractivity contribution in [2.75, 3.05) is 18.8 Å². The first-order valence-electron chi connectivity index (χ1n) is 6.36. The topological polar surface area (TPSA) is 46.1 Å². The molecule has 0 aliphatic carbocycles. The van der Waals surface area contributed by atoms with Crippen molar-refractivity contribution in [1.82, 2.24) is 14.9 Å². The molecule has 0 saturated heterocycles. The molecule has 1 aromatic heterocycles. The molecule has 2 aromatic rings. The van der Waals surface area contributed by atoms with Gasteiger partial charge in [0.05, 0.1) is 11.3 Å². The molecule has 0 radical (unpaired) electrons. The largest absolute Gasteiger partial charge is 0.343 e. The number of aromatic nitrogens is 2. The van der Waals surface area contributed by atoms with Gasteiger partial charge in [-0.3, -0.25) is 4.79 Å². The number of para-hydroxylation sites is 1. The van der Waals surface area contributed by atoms with Gasteiger partial charge in [-0.05, 0) is 19.9 Å². The lowest BCUT2D eigenvalue weighted by Gasteiger charge is -2.18. The standard InChI is InChI=1S/C14H17N3OS/c1-3-17(4-2)13(18)9-19-14-11-7-5-6-8-12(11)15-10-16-14/h5-8,10H,3-4,9H2,1-2H3. The van der Waals surface area contributed by atoms with E-state index in [0.717, 1.165) is 29.0 Å². The minimum absolute atomic E-state index is 0.151. The fourth-order valence-electron chi connectivity index (χ4n) is 1.89. The number of hydrogen-bond donors (Lipinski definition) is 0. The number of nitrogens with zero attached hydrogens (tertiary/aromatic N) is 3. The number of thioether (sulfide) groups is 1. The Morgan fingerprint density at radius 3 is 2.68 bits per heavy atom. The van der Waals surface area contributed by atoms with Crippen molar-refractivity contribution in [2.24, 2.45) is 0 Å². The van der Waals surface area contributed by atoms with Crippen molar-refractivity contribution in [2.45, 2.75) is 18.9 Å². The van der Waals surface area contributed by atoms with Crippen LogP contribution in [-0.4, -0.2) is 39.6 Å². The molecule has 2 rings (SSSR count). The lowest BCUT2D eigenvalue weighted by molar-refractivity contribution is -0.127. The highest BCUT2D eigenvalue weighted by molar-refractivity contribution is 8.00. The van der Waals surface area contributed by atoms with Gasteiger partial charge in [0.2, 0.25) is 5.91 Å². The average Bonchev–Trinajstić information content (AvgIpc) is 2.46. The molecule has 4 nitrogen and oxygen atoms in total. The Balaban J connectivity index is 2.12. The molecule has 1 amide bonds. The molecule has 1 aromatic carbocycles. The van der Waals surface area contributed by atoms with Crippen LogP contribution in [0.5, 0.6) is 0 Å². The molecule has 0 aliphatic heterocycles. The zero-order valence-corrected chi connectivity index (χ0v) is 12.0. The molecule has 1 heterocycles. The van der Waals surface area contributed by atoms with Crippen LogP contribution in [0.1, 0.15) is 13.8 Å². The predicted octanol–water partition coefficient (Wildman–Crippen LogP) is 2.59. The lowest BCUT2D eigenvalue weighted by Crippen LogP contribution is -2.31. The number of carbonyl (C=O) groups is 1. The Bertz CT molecular complexity index is 564. The second-order valence-corrected chi connectivity index (χ2v) is 5.01. The monoisotopic (exact) mass is 275 g/mol. The van der Waals surface area contributed by atoms with E-state index in [-0.39, 0.29) is 5.91 Å². The van der Waals surface area contributed by atoms with Gasteiger partial charge in [0.25, 0.3) is 0 Å². The second kappa shape index (κ2) is 6.52. The van der Waals surface area contributed by atoms with Gasteiger partial charge in [0.15, 0.2) is 0 Å². The predicted molar refractivity (Wildman–Crippen MR) is 78.2 cm³/mol. The fourth-order valence-corrected chi connectivity index (χ4v) is 2.79.